The molecule has 1 fully saturated rings. The number of carboxylic acid groups (broad SMARTS) is 1. The van der Waals surface area contributed by atoms with Crippen molar-refractivity contribution in [1.29, 1.82) is 0 Å². The maximum absolute atomic E-state index is 12.8. The first kappa shape index (κ1) is 19.5. The average Bonchev–Trinajstić information content (AvgIpc) is 2.95. The summed E-state index contributed by atoms with van der Waals surface area (Å²) in [4.78, 5) is 9.83. The van der Waals surface area contributed by atoms with Crippen LogP contribution < -0.4 is 0 Å². The first-order valence-electron chi connectivity index (χ1n) is 6.79. The molecule has 0 amide bonds. The number of carboxylic acids is 1. The topological polar surface area (TPSA) is 74.7 Å². The smallest absolute Gasteiger partial charge is 0.416 e. The van der Waals surface area contributed by atoms with Gasteiger partial charge in [0.2, 0.25) is 10.0 Å². The van der Waals surface area contributed by atoms with Crippen molar-refractivity contribution < 1.29 is 44.7 Å². The van der Waals surface area contributed by atoms with E-state index in [2.05, 4.69) is 0 Å². The van der Waals surface area contributed by atoms with E-state index in [1.54, 1.807) is 0 Å². The van der Waals surface area contributed by atoms with Crippen molar-refractivity contribution in [3.63, 3.8) is 0 Å². The van der Waals surface area contributed by atoms with Crippen LogP contribution in [0.5, 0.6) is 0 Å². The van der Waals surface area contributed by atoms with Gasteiger partial charge in [0.15, 0.2) is 0 Å². The number of benzene rings is 1. The zero-order chi connectivity index (χ0) is 19.2. The maximum Gasteiger partial charge on any atom is 0.416 e. The molecule has 1 aromatic carbocycles. The van der Waals surface area contributed by atoms with E-state index in [0.29, 0.717) is 4.31 Å². The van der Waals surface area contributed by atoms with Crippen LogP contribution in [0.2, 0.25) is 0 Å². The summed E-state index contributed by atoms with van der Waals surface area (Å²) in [6.45, 7) is -0.309. The van der Waals surface area contributed by atoms with Gasteiger partial charge in [-0.15, -0.1) is 0 Å². The quantitative estimate of drug-likeness (QED) is 0.804. The third-order valence-electron chi connectivity index (χ3n) is 3.66. The molecule has 25 heavy (non-hydrogen) atoms. The summed E-state index contributed by atoms with van der Waals surface area (Å²) < 4.78 is 102. The minimum Gasteiger partial charge on any atom is -0.480 e. The molecule has 1 aliphatic rings. The number of aliphatic carboxylic acids is 1. The third kappa shape index (κ3) is 3.89. The van der Waals surface area contributed by atoms with E-state index < -0.39 is 50.4 Å². The molecule has 0 radical (unpaired) electrons. The molecule has 0 spiro atoms. The van der Waals surface area contributed by atoms with Gasteiger partial charge in [-0.25, -0.2) is 8.42 Å². The molecule has 1 aliphatic heterocycles. The van der Waals surface area contributed by atoms with Gasteiger partial charge in [0.05, 0.1) is 16.0 Å². The highest BCUT2D eigenvalue weighted by molar-refractivity contribution is 7.89. The van der Waals surface area contributed by atoms with Crippen molar-refractivity contribution in [2.24, 2.45) is 0 Å². The number of carbonyl (C=O) groups is 1. The van der Waals surface area contributed by atoms with Crippen LogP contribution in [0, 0.1) is 0 Å². The van der Waals surface area contributed by atoms with Gasteiger partial charge >= 0.3 is 18.3 Å². The number of sulfonamides is 1. The predicted molar refractivity (Wildman–Crippen MR) is 71.0 cm³/mol. The summed E-state index contributed by atoms with van der Waals surface area (Å²) in [6.07, 6.45) is -10.4. The molecular weight excluding hydrogens is 380 g/mol. The van der Waals surface area contributed by atoms with Crippen LogP contribution in [-0.2, 0) is 27.2 Å². The van der Waals surface area contributed by atoms with Gasteiger partial charge in [-0.3, -0.25) is 4.79 Å². The van der Waals surface area contributed by atoms with Crippen molar-refractivity contribution in [3.05, 3.63) is 29.3 Å². The highest BCUT2D eigenvalue weighted by Gasteiger charge is 2.43. The second-order valence-corrected chi connectivity index (χ2v) is 7.24. The Hall–Kier alpha value is -1.82. The summed E-state index contributed by atoms with van der Waals surface area (Å²) in [7, 11) is -4.85. The highest BCUT2D eigenvalue weighted by Crippen LogP contribution is 2.38. The van der Waals surface area contributed by atoms with Gasteiger partial charge in [0, 0.05) is 6.54 Å². The minimum absolute atomic E-state index is 0.0712. The van der Waals surface area contributed by atoms with E-state index in [4.69, 9.17) is 5.11 Å². The Kier molecular flexibility index (Phi) is 4.81. The molecule has 12 heteroatoms. The first-order chi connectivity index (χ1) is 11.2. The Morgan fingerprint density at radius 1 is 1.04 bits per heavy atom. The lowest BCUT2D eigenvalue weighted by Gasteiger charge is -2.22. The molecule has 0 aromatic heterocycles. The summed E-state index contributed by atoms with van der Waals surface area (Å²) >= 11 is 0. The van der Waals surface area contributed by atoms with Crippen molar-refractivity contribution >= 4 is 16.0 Å². The Morgan fingerprint density at radius 3 is 1.92 bits per heavy atom. The Morgan fingerprint density at radius 2 is 1.52 bits per heavy atom. The standard InChI is InChI=1S/C13H11F6NO4S/c14-12(15,16)7-4-8(13(17,18)19)6-9(5-7)25(23,24)20-3-1-2-10(20)11(21)22/h4-6,10H,1-3H2,(H,21,22)/t10-/m0/s1. The van der Waals surface area contributed by atoms with E-state index in [9.17, 15) is 39.6 Å². The van der Waals surface area contributed by atoms with E-state index in [-0.39, 0.29) is 37.6 Å². The van der Waals surface area contributed by atoms with Gasteiger partial charge in [0.25, 0.3) is 0 Å². The average molecular weight is 391 g/mol. The third-order valence-corrected chi connectivity index (χ3v) is 5.54. The predicted octanol–water partition coefficient (Wildman–Crippen LogP) is 2.96. The number of hydrogen-bond donors (Lipinski definition) is 1. The van der Waals surface area contributed by atoms with Gasteiger partial charge < -0.3 is 5.11 Å². The molecule has 1 atom stereocenters. The van der Waals surface area contributed by atoms with Crippen LogP contribution in [-0.4, -0.2) is 36.4 Å². The van der Waals surface area contributed by atoms with Crippen molar-refractivity contribution in [3.8, 4) is 0 Å². The van der Waals surface area contributed by atoms with Gasteiger partial charge in [-0.2, -0.15) is 30.6 Å². The molecule has 1 heterocycles. The molecule has 140 valence electrons. The Labute approximate surface area is 137 Å². The fourth-order valence-electron chi connectivity index (χ4n) is 2.49. The van der Waals surface area contributed by atoms with Crippen LogP contribution in [0.1, 0.15) is 24.0 Å². The number of nitrogens with zero attached hydrogens (tertiary/aromatic N) is 1. The molecule has 0 aliphatic carbocycles. The van der Waals surface area contributed by atoms with Crippen molar-refractivity contribution in [1.82, 2.24) is 4.31 Å². The number of alkyl halides is 6. The van der Waals surface area contributed by atoms with E-state index in [0.717, 1.165) is 0 Å². The maximum atomic E-state index is 12.8. The molecule has 0 saturated carbocycles. The zero-order valence-electron chi connectivity index (χ0n) is 12.2. The molecule has 1 saturated heterocycles. The summed E-state index contributed by atoms with van der Waals surface area (Å²) in [6, 6.07) is -1.59. The number of hydrogen-bond acceptors (Lipinski definition) is 3. The molecular formula is C13H11F6NO4S. The molecule has 5 nitrogen and oxygen atoms in total. The van der Waals surface area contributed by atoms with E-state index in [1.165, 1.54) is 0 Å². The zero-order valence-corrected chi connectivity index (χ0v) is 13.0. The molecule has 1 aromatic rings. The van der Waals surface area contributed by atoms with Crippen molar-refractivity contribution in [2.45, 2.75) is 36.1 Å². The largest absolute Gasteiger partial charge is 0.480 e. The van der Waals surface area contributed by atoms with Crippen LogP contribution >= 0.6 is 0 Å². The van der Waals surface area contributed by atoms with Crippen LogP contribution in [0.15, 0.2) is 23.1 Å². The molecule has 0 bridgehead atoms. The normalized spacial score (nSPS) is 20.0. The fraction of sp³-hybridized carbons (Fsp3) is 0.462. The van der Waals surface area contributed by atoms with E-state index >= 15 is 0 Å². The minimum atomic E-state index is -5.21. The Bertz CT molecular complexity index is 754. The lowest BCUT2D eigenvalue weighted by molar-refractivity contribution is -0.144. The van der Waals surface area contributed by atoms with Crippen LogP contribution in [0.3, 0.4) is 0 Å². The van der Waals surface area contributed by atoms with Gasteiger partial charge in [0.1, 0.15) is 6.04 Å². The van der Waals surface area contributed by atoms with Crippen LogP contribution in [0.4, 0.5) is 26.3 Å². The number of halogens is 6. The molecule has 1 N–H and O–H groups in total. The molecule has 0 unspecified atom stereocenters. The fourth-order valence-corrected chi connectivity index (χ4v) is 4.21. The van der Waals surface area contributed by atoms with Crippen LogP contribution in [0.25, 0.3) is 0 Å². The van der Waals surface area contributed by atoms with E-state index in [1.807, 2.05) is 0 Å². The Balaban J connectivity index is 2.63. The lowest BCUT2D eigenvalue weighted by atomic mass is 10.1. The summed E-state index contributed by atoms with van der Waals surface area (Å²) in [5.41, 5.74) is -3.57. The highest BCUT2D eigenvalue weighted by atomic mass is 32.2. The van der Waals surface area contributed by atoms with Crippen molar-refractivity contribution in [2.75, 3.05) is 6.54 Å². The first-order valence-corrected chi connectivity index (χ1v) is 8.23. The second-order valence-electron chi connectivity index (χ2n) is 5.35. The monoisotopic (exact) mass is 391 g/mol. The lowest BCUT2D eigenvalue weighted by Crippen LogP contribution is -2.40. The second kappa shape index (κ2) is 6.16. The summed E-state index contributed by atoms with van der Waals surface area (Å²) in [5, 5.41) is 9.00. The van der Waals surface area contributed by atoms with Gasteiger partial charge in [-0.05, 0) is 31.0 Å². The summed E-state index contributed by atoms with van der Waals surface area (Å²) in [5.74, 6) is -1.52. The van der Waals surface area contributed by atoms with Gasteiger partial charge in [-0.1, -0.05) is 0 Å². The SMILES string of the molecule is O=C(O)[C@@H]1CCCN1S(=O)(=O)c1cc(C(F)(F)F)cc(C(F)(F)F)c1. The number of rotatable bonds is 3. The molecule has 2 rings (SSSR count).